The number of epoxide rings is 1. The molecule has 246 valence electrons. The monoisotopic (exact) mass is 616 g/mol. The van der Waals surface area contributed by atoms with Crippen molar-refractivity contribution in [1.82, 2.24) is 0 Å². The Morgan fingerprint density at radius 2 is 1.31 bits per heavy atom. The second kappa shape index (κ2) is 13.9. The van der Waals surface area contributed by atoms with Gasteiger partial charge in [-0.05, 0) is 82.4 Å². The molecule has 2 saturated carbocycles. The van der Waals surface area contributed by atoms with Crippen LogP contribution in [0.5, 0.6) is 0 Å². The van der Waals surface area contributed by atoms with E-state index in [2.05, 4.69) is 19.6 Å². The summed E-state index contributed by atoms with van der Waals surface area (Å²) in [6.45, 7) is 20.0. The van der Waals surface area contributed by atoms with E-state index >= 15 is 0 Å². The van der Waals surface area contributed by atoms with Crippen LogP contribution >= 0.6 is 0 Å². The van der Waals surface area contributed by atoms with Gasteiger partial charge in [0, 0.05) is 24.8 Å². The summed E-state index contributed by atoms with van der Waals surface area (Å²) in [7, 11) is 0. The fourth-order valence-corrected chi connectivity index (χ4v) is 7.48. The van der Waals surface area contributed by atoms with Gasteiger partial charge in [0.15, 0.2) is 5.78 Å². The average molecular weight is 617 g/mol. The summed E-state index contributed by atoms with van der Waals surface area (Å²) in [5.41, 5.74) is 5.48. The molecule has 1 aliphatic heterocycles. The van der Waals surface area contributed by atoms with Gasteiger partial charge in [-0.2, -0.15) is 0 Å². The molecule has 5 atom stereocenters. The minimum absolute atomic E-state index is 0.0863. The molecule has 3 aliphatic rings. The summed E-state index contributed by atoms with van der Waals surface area (Å²) in [4.78, 5) is 13.1. The van der Waals surface area contributed by atoms with Gasteiger partial charge in [-0.1, -0.05) is 99.6 Å². The first-order valence-electron chi connectivity index (χ1n) is 16.2. The Labute approximate surface area is 271 Å². The van der Waals surface area contributed by atoms with E-state index in [4.69, 9.17) is 4.74 Å². The molecular formula is C40H56O5. The average Bonchev–Trinajstić information content (AvgIpc) is 3.49. The topological polar surface area (TPSA) is 90.3 Å². The zero-order valence-electron chi connectivity index (χ0n) is 29.2. The van der Waals surface area contributed by atoms with E-state index in [0.29, 0.717) is 37.7 Å². The number of carbonyl (C=O) groups is 1. The van der Waals surface area contributed by atoms with Gasteiger partial charge in [0.25, 0.3) is 0 Å². The van der Waals surface area contributed by atoms with Crippen LogP contribution in [0.25, 0.3) is 0 Å². The van der Waals surface area contributed by atoms with E-state index in [-0.39, 0.29) is 22.7 Å². The number of ketones is 1. The number of hydrogen-bond acceptors (Lipinski definition) is 5. The Morgan fingerprint density at radius 3 is 1.87 bits per heavy atom. The van der Waals surface area contributed by atoms with Gasteiger partial charge >= 0.3 is 0 Å². The van der Waals surface area contributed by atoms with Gasteiger partial charge in [0.05, 0.1) is 23.4 Å². The van der Waals surface area contributed by atoms with E-state index < -0.39 is 22.9 Å². The van der Waals surface area contributed by atoms with Crippen LogP contribution in [0.2, 0.25) is 0 Å². The lowest BCUT2D eigenvalue weighted by atomic mass is 9.61. The number of hydrogen-bond donors (Lipinski definition) is 3. The summed E-state index contributed by atoms with van der Waals surface area (Å²) >= 11 is 0. The minimum Gasteiger partial charge on any atom is -0.393 e. The molecule has 1 saturated heterocycles. The zero-order valence-corrected chi connectivity index (χ0v) is 29.2. The quantitative estimate of drug-likeness (QED) is 0.0998. The molecular weight excluding hydrogens is 560 g/mol. The van der Waals surface area contributed by atoms with Crippen LogP contribution in [-0.2, 0) is 9.53 Å². The lowest BCUT2D eigenvalue weighted by Gasteiger charge is -2.43. The number of rotatable bonds is 10. The maximum absolute atomic E-state index is 13.1. The number of fused-ring (bicyclic) bond motifs is 1. The second-order valence-electron chi connectivity index (χ2n) is 15.3. The molecule has 0 aromatic heterocycles. The number of allylic oxidation sites excluding steroid dienone is 14. The van der Waals surface area contributed by atoms with E-state index in [1.165, 1.54) is 0 Å². The van der Waals surface area contributed by atoms with Gasteiger partial charge in [-0.3, -0.25) is 4.79 Å². The SMILES string of the molecule is CC(C=C=C1C(C)(C)CC(O)CC1(C)O)=CC=CC(C)=CC=CC=C(C)C=CC=C(C)C(=O)CC12OC1(C)CC(O)CC2(C)C. The second-order valence-corrected chi connectivity index (χ2v) is 15.3. The van der Waals surface area contributed by atoms with E-state index in [1.807, 2.05) is 115 Å². The Morgan fingerprint density at radius 1 is 0.778 bits per heavy atom. The smallest absolute Gasteiger partial charge is 0.161 e. The molecule has 3 fully saturated rings. The zero-order chi connectivity index (χ0) is 33.8. The van der Waals surface area contributed by atoms with Gasteiger partial charge < -0.3 is 20.1 Å². The number of carbonyl (C=O) groups excluding carboxylic acids is 1. The third-order valence-electron chi connectivity index (χ3n) is 9.82. The van der Waals surface area contributed by atoms with Crippen molar-refractivity contribution in [3.8, 4) is 0 Å². The highest BCUT2D eigenvalue weighted by Crippen LogP contribution is 2.67. The van der Waals surface area contributed by atoms with Crippen molar-refractivity contribution in [3.05, 3.63) is 100 Å². The molecule has 0 aromatic carbocycles. The number of Topliss-reactive ketones (excluding diaryl/α,β-unsaturated/α-hetero) is 1. The van der Waals surface area contributed by atoms with Crippen LogP contribution in [0.3, 0.4) is 0 Å². The standard InChI is InChI=1S/C40H56O5/c1-28(17-13-18-30(3)21-22-35-36(5,6)23-32(41)25-38(35,9)44)15-11-12-16-29(2)19-14-20-31(4)34(43)27-40-37(7,8)24-33(42)26-39(40,10)45-40/h11-21,32-33,41-42,44H,23-27H2,1-10H3. The first kappa shape index (κ1) is 36.7. The first-order valence-corrected chi connectivity index (χ1v) is 16.2. The van der Waals surface area contributed by atoms with Crippen molar-refractivity contribution < 1.29 is 24.9 Å². The third kappa shape index (κ3) is 8.93. The van der Waals surface area contributed by atoms with Crippen LogP contribution in [0, 0.1) is 10.8 Å². The molecule has 0 radical (unpaired) electrons. The van der Waals surface area contributed by atoms with Crippen molar-refractivity contribution >= 4 is 5.78 Å². The van der Waals surface area contributed by atoms with Gasteiger partial charge in [-0.25, -0.2) is 0 Å². The summed E-state index contributed by atoms with van der Waals surface area (Å²) in [6, 6.07) is 0. The molecule has 45 heavy (non-hydrogen) atoms. The van der Waals surface area contributed by atoms with Crippen LogP contribution in [0.4, 0.5) is 0 Å². The third-order valence-corrected chi connectivity index (χ3v) is 9.82. The van der Waals surface area contributed by atoms with Gasteiger partial charge in [0.2, 0.25) is 0 Å². The molecule has 5 heteroatoms. The van der Waals surface area contributed by atoms with Crippen molar-refractivity contribution in [2.24, 2.45) is 10.8 Å². The fourth-order valence-electron chi connectivity index (χ4n) is 7.48. The van der Waals surface area contributed by atoms with E-state index in [0.717, 1.165) is 22.3 Å². The Bertz CT molecular complexity index is 1400. The maximum atomic E-state index is 13.1. The molecule has 1 heterocycles. The first-order chi connectivity index (χ1) is 20.7. The molecule has 5 nitrogen and oxygen atoms in total. The molecule has 0 bridgehead atoms. The number of aliphatic hydroxyl groups excluding tert-OH is 2. The largest absolute Gasteiger partial charge is 0.393 e. The molecule has 2 aliphatic carbocycles. The molecule has 0 aromatic rings. The van der Waals surface area contributed by atoms with Crippen molar-refractivity contribution in [2.45, 2.75) is 130 Å². The Balaban J connectivity index is 1.53. The summed E-state index contributed by atoms with van der Waals surface area (Å²) in [5.74, 6) is 0.0863. The Kier molecular flexibility index (Phi) is 11.3. The minimum atomic E-state index is -1.07. The lowest BCUT2D eigenvalue weighted by Crippen LogP contribution is -2.48. The highest BCUT2D eigenvalue weighted by atomic mass is 16.6. The van der Waals surface area contributed by atoms with Gasteiger partial charge in [0.1, 0.15) is 5.60 Å². The van der Waals surface area contributed by atoms with Crippen molar-refractivity contribution in [1.29, 1.82) is 0 Å². The van der Waals surface area contributed by atoms with Crippen LogP contribution in [-0.4, -0.2) is 50.1 Å². The number of ether oxygens (including phenoxy) is 1. The van der Waals surface area contributed by atoms with E-state index in [9.17, 15) is 20.1 Å². The van der Waals surface area contributed by atoms with Crippen LogP contribution in [0.15, 0.2) is 100 Å². The maximum Gasteiger partial charge on any atom is 0.161 e. The molecule has 3 N–H and O–H groups in total. The normalized spacial score (nSPS) is 33.9. The van der Waals surface area contributed by atoms with Crippen LogP contribution in [0.1, 0.15) is 101 Å². The highest BCUT2D eigenvalue weighted by molar-refractivity contribution is 5.96. The highest BCUT2D eigenvalue weighted by Gasteiger charge is 2.76. The molecule has 0 amide bonds. The molecule has 5 unspecified atom stereocenters. The molecule has 0 spiro atoms. The predicted molar refractivity (Wildman–Crippen MR) is 185 cm³/mol. The summed E-state index contributed by atoms with van der Waals surface area (Å²) in [6.07, 6.45) is 23.4. The van der Waals surface area contributed by atoms with E-state index in [1.54, 1.807) is 6.92 Å². The Hall–Kier alpha value is -2.79. The van der Waals surface area contributed by atoms with Crippen molar-refractivity contribution in [3.63, 3.8) is 0 Å². The predicted octanol–water partition coefficient (Wildman–Crippen LogP) is 8.12. The summed E-state index contributed by atoms with van der Waals surface area (Å²) in [5, 5.41) is 31.2. The van der Waals surface area contributed by atoms with Gasteiger partial charge in [-0.15, -0.1) is 5.73 Å². The van der Waals surface area contributed by atoms with Crippen LogP contribution < -0.4 is 0 Å². The number of aliphatic hydroxyl groups is 3. The lowest BCUT2D eigenvalue weighted by molar-refractivity contribution is -0.118. The van der Waals surface area contributed by atoms with Crippen molar-refractivity contribution in [2.75, 3.05) is 0 Å². The molecule has 3 rings (SSSR count). The summed E-state index contributed by atoms with van der Waals surface area (Å²) < 4.78 is 6.18. The fraction of sp³-hybridized carbons (Fsp3) is 0.550.